The molecule has 0 saturated carbocycles. The molecule has 0 aromatic rings. The number of hydrogen-bond donors (Lipinski definition) is 1. The van der Waals surface area contributed by atoms with E-state index in [0.717, 1.165) is 0 Å². The smallest absolute Gasteiger partial charge is 0.242 e. The van der Waals surface area contributed by atoms with Crippen LogP contribution in [0.1, 0.15) is 0 Å². The SMILES string of the molecule is C[SH+](C)=C(OO)C(F)(F)F. The van der Waals surface area contributed by atoms with E-state index in [4.69, 9.17) is 5.26 Å². The Morgan fingerprint density at radius 1 is 1.40 bits per heavy atom. The van der Waals surface area contributed by atoms with Crippen LogP contribution < -0.4 is 0 Å². The van der Waals surface area contributed by atoms with Crippen LogP contribution in [0.15, 0.2) is 0 Å². The van der Waals surface area contributed by atoms with Gasteiger partial charge in [0.1, 0.15) is 0 Å². The monoisotopic (exact) mass is 177 g/mol. The number of rotatable bonds is 0. The summed E-state index contributed by atoms with van der Waals surface area (Å²) in [4.78, 5) is 3.20. The third kappa shape index (κ3) is 2.68. The van der Waals surface area contributed by atoms with Gasteiger partial charge in [0.2, 0.25) is 0 Å². The predicted octanol–water partition coefficient (Wildman–Crippen LogP) is 0.778. The second-order valence-electron chi connectivity index (χ2n) is 1.79. The van der Waals surface area contributed by atoms with Crippen molar-refractivity contribution in [3.63, 3.8) is 0 Å². The lowest BCUT2D eigenvalue weighted by Gasteiger charge is -2.03. The fourth-order valence-corrected chi connectivity index (χ4v) is 1.06. The quantitative estimate of drug-likeness (QED) is 0.195. The molecular formula is C4H8F3O2S+. The van der Waals surface area contributed by atoms with Crippen LogP contribution in [0, 0.1) is 0 Å². The highest BCUT2D eigenvalue weighted by atomic mass is 32.2. The molecule has 0 aliphatic carbocycles. The van der Waals surface area contributed by atoms with Crippen molar-refractivity contribution in [2.45, 2.75) is 6.18 Å². The van der Waals surface area contributed by atoms with Crippen molar-refractivity contribution < 1.29 is 23.3 Å². The van der Waals surface area contributed by atoms with E-state index in [1.54, 1.807) is 0 Å². The van der Waals surface area contributed by atoms with Gasteiger partial charge in [0.15, 0.2) is 0 Å². The van der Waals surface area contributed by atoms with Crippen molar-refractivity contribution in [2.24, 2.45) is 0 Å². The molecule has 0 unspecified atom stereocenters. The topological polar surface area (TPSA) is 29.5 Å². The first-order chi connectivity index (χ1) is 4.39. The lowest BCUT2D eigenvalue weighted by molar-refractivity contribution is -0.189. The van der Waals surface area contributed by atoms with Gasteiger partial charge in [-0.3, -0.25) is 0 Å². The molecule has 0 amide bonds. The normalized spacial score (nSPS) is 12.3. The van der Waals surface area contributed by atoms with Crippen LogP contribution in [0.2, 0.25) is 0 Å². The molecule has 62 valence electrons. The summed E-state index contributed by atoms with van der Waals surface area (Å²) < 4.78 is 35.0. The first-order valence-electron chi connectivity index (χ1n) is 2.32. The minimum atomic E-state index is -4.54. The van der Waals surface area contributed by atoms with E-state index >= 15 is 0 Å². The molecule has 10 heavy (non-hydrogen) atoms. The molecule has 0 heterocycles. The van der Waals surface area contributed by atoms with Gasteiger partial charge >= 0.3 is 11.2 Å². The first-order valence-corrected chi connectivity index (χ1v) is 4.56. The van der Waals surface area contributed by atoms with E-state index in [9.17, 15) is 13.2 Å². The Morgan fingerprint density at radius 2 is 1.80 bits per heavy atom. The molecule has 0 aliphatic rings. The largest absolute Gasteiger partial charge is 0.484 e. The molecule has 0 aromatic carbocycles. The zero-order valence-corrected chi connectivity index (χ0v) is 6.33. The molecule has 6 heteroatoms. The predicted molar refractivity (Wildman–Crippen MR) is 35.4 cm³/mol. The van der Waals surface area contributed by atoms with Gasteiger partial charge in [0, 0.05) is 0 Å². The van der Waals surface area contributed by atoms with Crippen molar-refractivity contribution in [3.8, 4) is 0 Å². The Morgan fingerprint density at radius 3 is 1.80 bits per heavy atom. The number of thiol groups is 1. The van der Waals surface area contributed by atoms with Crippen LogP contribution in [-0.2, 0) is 15.4 Å². The third-order valence-corrected chi connectivity index (χ3v) is 1.88. The summed E-state index contributed by atoms with van der Waals surface area (Å²) in [5, 5.41) is 6.59. The van der Waals surface area contributed by atoms with Crippen LogP contribution >= 0.6 is 0 Å². The van der Waals surface area contributed by atoms with Gasteiger partial charge in [-0.2, -0.15) is 13.2 Å². The first kappa shape index (κ1) is 9.93. The molecule has 1 N–H and O–H groups in total. The lowest BCUT2D eigenvalue weighted by atomic mass is 10.7. The van der Waals surface area contributed by atoms with Crippen LogP contribution in [0.25, 0.3) is 0 Å². The molecule has 0 aliphatic heterocycles. The summed E-state index contributed by atoms with van der Waals surface area (Å²) >= 11 is 0. The Kier molecular flexibility index (Phi) is 3.34. The summed E-state index contributed by atoms with van der Waals surface area (Å²) in [6, 6.07) is 0. The maximum absolute atomic E-state index is 11.7. The highest BCUT2D eigenvalue weighted by molar-refractivity contribution is 7.94. The van der Waals surface area contributed by atoms with Crippen molar-refractivity contribution in [2.75, 3.05) is 12.5 Å². The summed E-state index contributed by atoms with van der Waals surface area (Å²) in [6.45, 7) is 0. The van der Waals surface area contributed by atoms with E-state index < -0.39 is 21.7 Å². The van der Waals surface area contributed by atoms with E-state index in [1.807, 2.05) is 0 Å². The van der Waals surface area contributed by atoms with Gasteiger partial charge in [-0.25, -0.2) is 5.26 Å². The average molecular weight is 177 g/mol. The highest BCUT2D eigenvalue weighted by Gasteiger charge is 2.41. The standard InChI is InChI=1S/C4H7F3O2S/c1-10(2)3(9-8)4(5,6)7/h8H,1-2H3/p+1. The third-order valence-electron chi connectivity index (χ3n) is 0.735. The number of halogens is 3. The van der Waals surface area contributed by atoms with E-state index in [-0.39, 0.29) is 0 Å². The van der Waals surface area contributed by atoms with Gasteiger partial charge in [0.05, 0.1) is 12.5 Å². The summed E-state index contributed by atoms with van der Waals surface area (Å²) in [7, 11) is -1.43. The minimum absolute atomic E-state index is 1.21. The fraction of sp³-hybridized carbons (Fsp3) is 0.750. The van der Waals surface area contributed by atoms with Crippen molar-refractivity contribution in [1.29, 1.82) is 0 Å². The molecular weight excluding hydrogens is 169 g/mol. The second kappa shape index (κ2) is 3.36. The van der Waals surface area contributed by atoms with Crippen molar-refractivity contribution in [1.82, 2.24) is 0 Å². The second-order valence-corrected chi connectivity index (χ2v) is 3.98. The fourth-order valence-electron chi connectivity index (χ4n) is 0.387. The average Bonchev–Trinajstić information content (AvgIpc) is 1.60. The van der Waals surface area contributed by atoms with E-state index in [0.29, 0.717) is 0 Å². The highest BCUT2D eigenvalue weighted by Crippen LogP contribution is 2.17. The minimum Gasteiger partial charge on any atom is -0.242 e. The van der Waals surface area contributed by atoms with E-state index in [1.165, 1.54) is 12.5 Å². The van der Waals surface area contributed by atoms with Crippen LogP contribution in [-0.4, -0.2) is 29.0 Å². The molecule has 0 atom stereocenters. The van der Waals surface area contributed by atoms with Gasteiger partial charge in [-0.1, -0.05) is 0 Å². The summed E-state index contributed by atoms with van der Waals surface area (Å²) in [5.74, 6) is 0. The Hall–Kier alpha value is -0.0700. The summed E-state index contributed by atoms with van der Waals surface area (Å²) in [5.41, 5.74) is 0. The van der Waals surface area contributed by atoms with E-state index in [2.05, 4.69) is 4.89 Å². The van der Waals surface area contributed by atoms with Crippen LogP contribution in [0.5, 0.6) is 0 Å². The molecule has 0 fully saturated rings. The van der Waals surface area contributed by atoms with Crippen molar-refractivity contribution in [3.05, 3.63) is 0 Å². The maximum Gasteiger partial charge on any atom is 0.484 e. The van der Waals surface area contributed by atoms with Gasteiger partial charge < -0.3 is 0 Å². The number of hydrogen-bond acceptors (Lipinski definition) is 2. The molecule has 2 nitrogen and oxygen atoms in total. The molecule has 0 bridgehead atoms. The van der Waals surface area contributed by atoms with Gasteiger partial charge in [0.25, 0.3) is 0 Å². The lowest BCUT2D eigenvalue weighted by Crippen LogP contribution is -2.28. The van der Waals surface area contributed by atoms with Crippen LogP contribution in [0.4, 0.5) is 13.2 Å². The zero-order chi connectivity index (χ0) is 8.36. The maximum atomic E-state index is 11.7. The summed E-state index contributed by atoms with van der Waals surface area (Å²) in [6.07, 6.45) is -1.85. The molecule has 0 radical (unpaired) electrons. The molecule has 0 rings (SSSR count). The molecule has 0 saturated heterocycles. The Labute approximate surface area is 58.5 Å². The Bertz CT molecular complexity index is 147. The van der Waals surface area contributed by atoms with Gasteiger partial charge in [-0.15, -0.1) is 15.4 Å². The Balaban J connectivity index is 4.55. The van der Waals surface area contributed by atoms with Crippen molar-refractivity contribution >= 4 is 15.5 Å². The van der Waals surface area contributed by atoms with Crippen LogP contribution in [0.3, 0.4) is 0 Å². The van der Waals surface area contributed by atoms with Gasteiger partial charge in [-0.05, 0) is 0 Å². The molecule has 0 spiro atoms. The zero-order valence-electron chi connectivity index (χ0n) is 5.44. The molecule has 0 aromatic heterocycles. The number of alkyl halides is 3.